The fourth-order valence-corrected chi connectivity index (χ4v) is 3.60. The van der Waals surface area contributed by atoms with Gasteiger partial charge in [0.05, 0.1) is 30.8 Å². The highest BCUT2D eigenvalue weighted by Crippen LogP contribution is 2.23. The topological polar surface area (TPSA) is 108 Å². The molecule has 0 atom stereocenters. The third-order valence-corrected chi connectivity index (χ3v) is 5.53. The second-order valence-electron chi connectivity index (χ2n) is 8.27. The Kier molecular flexibility index (Phi) is 8.69. The second kappa shape index (κ2) is 11.9. The van der Waals surface area contributed by atoms with Gasteiger partial charge in [-0.1, -0.05) is 18.7 Å². The van der Waals surface area contributed by atoms with Crippen molar-refractivity contribution in [2.75, 3.05) is 56.7 Å². The number of carbonyl (C=O) groups excluding carboxylic acids is 5. The number of benzene rings is 2. The molecule has 2 aromatic rings. The zero-order chi connectivity index (χ0) is 26.2. The van der Waals surface area contributed by atoms with Crippen LogP contribution in [0, 0.1) is 0 Å². The molecule has 4 rings (SSSR count). The van der Waals surface area contributed by atoms with E-state index in [1.165, 1.54) is 4.90 Å². The maximum absolute atomic E-state index is 12.5. The van der Waals surface area contributed by atoms with Gasteiger partial charge in [-0.25, -0.2) is 0 Å². The van der Waals surface area contributed by atoms with E-state index in [0.29, 0.717) is 30.9 Å². The van der Waals surface area contributed by atoms with Gasteiger partial charge >= 0.3 is 0 Å². The van der Waals surface area contributed by atoms with Gasteiger partial charge in [0.2, 0.25) is 6.41 Å². The Balaban J connectivity index is 0.000000658. The smallest absolute Gasteiger partial charge is 0.261 e. The first-order chi connectivity index (χ1) is 17.3. The first-order valence-corrected chi connectivity index (χ1v) is 11.2. The van der Waals surface area contributed by atoms with Crippen molar-refractivity contribution >= 4 is 41.3 Å². The summed E-state index contributed by atoms with van der Waals surface area (Å²) in [4.78, 5) is 66.4. The summed E-state index contributed by atoms with van der Waals surface area (Å²) in [5.74, 6) is -1.66. The first kappa shape index (κ1) is 26.3. The molecule has 2 aliphatic heterocycles. The van der Waals surface area contributed by atoms with Gasteiger partial charge in [-0.2, -0.15) is 0 Å². The molecule has 2 heterocycles. The summed E-state index contributed by atoms with van der Waals surface area (Å²) in [5.41, 5.74) is 1.65. The van der Waals surface area contributed by atoms with Gasteiger partial charge in [0.15, 0.2) is 5.78 Å². The number of hydrogen-bond acceptors (Lipinski definition) is 7. The van der Waals surface area contributed by atoms with Crippen LogP contribution in [0.5, 0.6) is 0 Å². The van der Waals surface area contributed by atoms with Gasteiger partial charge < -0.3 is 19.4 Å². The molecular weight excluding hydrogens is 464 g/mol. The average molecular weight is 493 g/mol. The summed E-state index contributed by atoms with van der Waals surface area (Å²) in [6, 6.07) is 13.0. The van der Waals surface area contributed by atoms with E-state index in [4.69, 9.17) is 4.74 Å². The third kappa shape index (κ3) is 6.02. The molecular formula is C26H28N4O6. The molecule has 2 aromatic carbocycles. The van der Waals surface area contributed by atoms with E-state index < -0.39 is 24.1 Å². The fourth-order valence-electron chi connectivity index (χ4n) is 3.60. The van der Waals surface area contributed by atoms with Crippen LogP contribution in [0.1, 0.15) is 20.7 Å². The van der Waals surface area contributed by atoms with E-state index in [1.54, 1.807) is 59.6 Å². The Bertz CT molecular complexity index is 1130. The van der Waals surface area contributed by atoms with Crippen LogP contribution in [-0.4, -0.2) is 86.7 Å². The molecule has 0 radical (unpaired) electrons. The van der Waals surface area contributed by atoms with E-state index >= 15 is 0 Å². The molecule has 10 nitrogen and oxygen atoms in total. The molecule has 0 aromatic heterocycles. The number of carbonyl (C=O) groups is 5. The predicted octanol–water partition coefficient (Wildman–Crippen LogP) is 1.57. The number of ketones is 1. The van der Waals surface area contributed by atoms with Crippen molar-refractivity contribution in [3.05, 3.63) is 72.4 Å². The molecule has 0 N–H and O–H groups in total. The Hall–Kier alpha value is -4.31. The average Bonchev–Trinajstić information content (AvgIpc) is 3.13. The van der Waals surface area contributed by atoms with Crippen LogP contribution in [-0.2, 0) is 19.1 Å². The predicted molar refractivity (Wildman–Crippen MR) is 134 cm³/mol. The molecule has 1 fully saturated rings. The van der Waals surface area contributed by atoms with Crippen LogP contribution in [0.15, 0.2) is 61.3 Å². The molecule has 0 unspecified atom stereocenters. The van der Waals surface area contributed by atoms with Crippen molar-refractivity contribution in [2.24, 2.45) is 0 Å². The lowest BCUT2D eigenvalue weighted by atomic mass is 10.1. The van der Waals surface area contributed by atoms with Crippen LogP contribution >= 0.6 is 0 Å². The number of Topliss-reactive ketones (excluding diaryl/α,β-unsaturated/α-hetero) is 1. The van der Waals surface area contributed by atoms with Crippen LogP contribution in [0.25, 0.3) is 0 Å². The normalized spacial score (nSPS) is 14.6. The molecule has 0 bridgehead atoms. The molecule has 2 aliphatic rings. The van der Waals surface area contributed by atoms with Gasteiger partial charge in [-0.05, 0) is 42.6 Å². The van der Waals surface area contributed by atoms with Crippen molar-refractivity contribution in [3.63, 3.8) is 0 Å². The highest BCUT2D eigenvalue weighted by molar-refractivity contribution is 6.22. The monoisotopic (exact) mass is 492 g/mol. The summed E-state index contributed by atoms with van der Waals surface area (Å²) in [7, 11) is 3.88. The lowest BCUT2D eigenvalue weighted by Crippen LogP contribution is -2.41. The van der Waals surface area contributed by atoms with E-state index in [-0.39, 0.29) is 30.2 Å². The SMILES string of the molecule is C=CN(C)C.O=CN(CC(=O)CN1C(=O)c2ccccc2C1=O)c1ccc(N2CCOCC2=O)cc1. The zero-order valence-electron chi connectivity index (χ0n) is 20.3. The summed E-state index contributed by atoms with van der Waals surface area (Å²) in [6.45, 7) is 3.67. The van der Waals surface area contributed by atoms with Crippen LogP contribution in [0.3, 0.4) is 0 Å². The number of ether oxygens (including phenoxy) is 1. The van der Waals surface area contributed by atoms with Gasteiger partial charge in [0.1, 0.15) is 6.61 Å². The Morgan fingerprint density at radius 1 is 1.03 bits per heavy atom. The molecule has 0 aliphatic carbocycles. The molecule has 0 saturated carbocycles. The van der Waals surface area contributed by atoms with Crippen molar-refractivity contribution in [1.82, 2.24) is 9.80 Å². The van der Waals surface area contributed by atoms with E-state index in [2.05, 4.69) is 6.58 Å². The number of rotatable bonds is 8. The van der Waals surface area contributed by atoms with Crippen molar-refractivity contribution in [2.45, 2.75) is 0 Å². The minimum Gasteiger partial charge on any atom is -0.384 e. The summed E-state index contributed by atoms with van der Waals surface area (Å²) >= 11 is 0. The number of imide groups is 1. The number of nitrogens with zero attached hydrogens (tertiary/aromatic N) is 4. The Labute approximate surface area is 209 Å². The van der Waals surface area contributed by atoms with Crippen LogP contribution in [0.4, 0.5) is 11.4 Å². The molecule has 1 saturated heterocycles. The quantitative estimate of drug-likeness (QED) is 0.407. The molecule has 188 valence electrons. The van der Waals surface area contributed by atoms with Crippen molar-refractivity contribution in [1.29, 1.82) is 0 Å². The standard InChI is InChI=1S/C22H19N3O6.C4H9N/c26-14-23(15-5-7-16(8-6-15)24-9-10-31-13-20(24)28)11-17(27)12-25-21(29)18-3-1-2-4-19(18)22(25)30;1-4-5(2)3/h1-8,14H,9-13H2;4H,1H2,2-3H3. The highest BCUT2D eigenvalue weighted by atomic mass is 16.5. The molecule has 36 heavy (non-hydrogen) atoms. The van der Waals surface area contributed by atoms with E-state index in [9.17, 15) is 24.0 Å². The van der Waals surface area contributed by atoms with Gasteiger partial charge in [-0.15, -0.1) is 0 Å². The Morgan fingerprint density at radius 2 is 1.61 bits per heavy atom. The van der Waals surface area contributed by atoms with Gasteiger partial charge in [-0.3, -0.25) is 28.9 Å². The maximum atomic E-state index is 12.5. The fraction of sp³-hybridized carbons (Fsp3) is 0.269. The van der Waals surface area contributed by atoms with Gasteiger partial charge in [0.25, 0.3) is 17.7 Å². The second-order valence-corrected chi connectivity index (χ2v) is 8.27. The highest BCUT2D eigenvalue weighted by Gasteiger charge is 2.36. The maximum Gasteiger partial charge on any atom is 0.261 e. The molecule has 0 spiro atoms. The van der Waals surface area contributed by atoms with E-state index in [1.807, 2.05) is 19.0 Å². The Morgan fingerprint density at radius 3 is 2.11 bits per heavy atom. The number of fused-ring (bicyclic) bond motifs is 1. The minimum absolute atomic E-state index is 0.0223. The lowest BCUT2D eigenvalue weighted by Gasteiger charge is -2.27. The number of hydrogen-bond donors (Lipinski definition) is 0. The van der Waals surface area contributed by atoms with Crippen molar-refractivity contribution < 1.29 is 28.7 Å². The number of morpholine rings is 1. The summed E-state index contributed by atoms with van der Waals surface area (Å²) < 4.78 is 5.11. The van der Waals surface area contributed by atoms with Gasteiger partial charge in [0, 0.05) is 32.0 Å². The number of amides is 4. The van der Waals surface area contributed by atoms with Crippen LogP contribution < -0.4 is 9.80 Å². The van der Waals surface area contributed by atoms with Crippen LogP contribution in [0.2, 0.25) is 0 Å². The lowest BCUT2D eigenvalue weighted by molar-refractivity contribution is -0.125. The molecule has 10 heteroatoms. The third-order valence-electron chi connectivity index (χ3n) is 5.53. The number of anilines is 2. The zero-order valence-corrected chi connectivity index (χ0v) is 20.3. The largest absolute Gasteiger partial charge is 0.384 e. The van der Waals surface area contributed by atoms with E-state index in [0.717, 1.165) is 4.90 Å². The summed E-state index contributed by atoms with van der Waals surface area (Å²) in [5, 5.41) is 0. The van der Waals surface area contributed by atoms with Crippen molar-refractivity contribution in [3.8, 4) is 0 Å². The molecule has 4 amide bonds. The minimum atomic E-state index is -0.522. The first-order valence-electron chi connectivity index (χ1n) is 11.2. The summed E-state index contributed by atoms with van der Waals surface area (Å²) in [6.07, 6.45) is 2.26.